The summed E-state index contributed by atoms with van der Waals surface area (Å²) >= 11 is 0. The fourth-order valence-corrected chi connectivity index (χ4v) is 2.51. The molecule has 0 unspecified atom stereocenters. The molecule has 0 radical (unpaired) electrons. The molecule has 19 heavy (non-hydrogen) atoms. The maximum absolute atomic E-state index is 10.5. The van der Waals surface area contributed by atoms with E-state index >= 15 is 0 Å². The van der Waals surface area contributed by atoms with Crippen LogP contribution in [0.5, 0.6) is 0 Å². The molecule has 1 aliphatic rings. The van der Waals surface area contributed by atoms with Crippen LogP contribution in [0.3, 0.4) is 0 Å². The van der Waals surface area contributed by atoms with E-state index in [9.17, 15) is 15.3 Å². The summed E-state index contributed by atoms with van der Waals surface area (Å²) in [6.45, 7) is 7.27. The predicted molar refractivity (Wildman–Crippen MR) is 74.9 cm³/mol. The molecule has 4 atom stereocenters. The quantitative estimate of drug-likeness (QED) is 0.667. The van der Waals surface area contributed by atoms with Gasteiger partial charge in [0.2, 0.25) is 0 Å². The van der Waals surface area contributed by atoms with Crippen molar-refractivity contribution in [1.82, 2.24) is 0 Å². The highest BCUT2D eigenvalue weighted by molar-refractivity contribution is 4.98. The van der Waals surface area contributed by atoms with E-state index in [0.717, 1.165) is 6.42 Å². The van der Waals surface area contributed by atoms with Gasteiger partial charge in [0.1, 0.15) is 6.10 Å². The summed E-state index contributed by atoms with van der Waals surface area (Å²) in [7, 11) is 0. The monoisotopic (exact) mass is 272 g/mol. The van der Waals surface area contributed by atoms with Gasteiger partial charge in [0.15, 0.2) is 0 Å². The Labute approximate surface area is 116 Å². The summed E-state index contributed by atoms with van der Waals surface area (Å²) in [5, 5.41) is 29.9. The van der Waals surface area contributed by atoms with Gasteiger partial charge in [-0.05, 0) is 53.4 Å². The maximum Gasteiger partial charge on any atom is 0.109 e. The predicted octanol–water partition coefficient (Wildman–Crippen LogP) is 1.77. The fourth-order valence-electron chi connectivity index (χ4n) is 2.51. The molecule has 4 heteroatoms. The Bertz CT molecular complexity index is 316. The minimum Gasteiger partial charge on any atom is -0.394 e. The van der Waals surface area contributed by atoms with Gasteiger partial charge >= 0.3 is 0 Å². The second-order valence-electron chi connectivity index (χ2n) is 6.37. The van der Waals surface area contributed by atoms with E-state index in [1.807, 2.05) is 13.8 Å². The zero-order valence-corrected chi connectivity index (χ0v) is 12.5. The van der Waals surface area contributed by atoms with Gasteiger partial charge in [0, 0.05) is 0 Å². The molecule has 1 heterocycles. The zero-order valence-electron chi connectivity index (χ0n) is 12.5. The molecule has 1 saturated heterocycles. The van der Waals surface area contributed by atoms with Gasteiger partial charge in [-0.15, -0.1) is 0 Å². The first-order valence-corrected chi connectivity index (χ1v) is 7.03. The highest BCUT2D eigenvalue weighted by atomic mass is 16.5. The topological polar surface area (TPSA) is 69.9 Å². The second-order valence-corrected chi connectivity index (χ2v) is 6.37. The standard InChI is InChI=1S/C15H28O4/c1-11(2)6-5-8-14(3,17)12-7-9-15(4,18)13(10-16)19-12/h6,12-13,16-18H,5,7-10H2,1-4H3/t12-,13+,14-,15+/m1/s1. The van der Waals surface area contributed by atoms with Crippen molar-refractivity contribution in [3.8, 4) is 0 Å². The Morgan fingerprint density at radius 1 is 1.47 bits per heavy atom. The van der Waals surface area contributed by atoms with Crippen LogP contribution in [0.2, 0.25) is 0 Å². The Morgan fingerprint density at radius 2 is 2.11 bits per heavy atom. The van der Waals surface area contributed by atoms with E-state index in [2.05, 4.69) is 6.08 Å². The molecular formula is C15H28O4. The van der Waals surface area contributed by atoms with Crippen LogP contribution in [0.4, 0.5) is 0 Å². The number of hydrogen-bond acceptors (Lipinski definition) is 4. The molecule has 1 aliphatic heterocycles. The summed E-state index contributed by atoms with van der Waals surface area (Å²) in [4.78, 5) is 0. The van der Waals surface area contributed by atoms with Crippen LogP contribution in [0.25, 0.3) is 0 Å². The van der Waals surface area contributed by atoms with Gasteiger partial charge in [0.05, 0.1) is 23.9 Å². The number of rotatable bonds is 5. The smallest absolute Gasteiger partial charge is 0.109 e. The van der Waals surface area contributed by atoms with Crippen LogP contribution in [-0.4, -0.2) is 45.3 Å². The molecule has 0 aromatic heterocycles. The molecule has 0 aromatic carbocycles. The third-order valence-electron chi connectivity index (χ3n) is 4.00. The molecule has 0 amide bonds. The van der Waals surface area contributed by atoms with Gasteiger partial charge in [-0.25, -0.2) is 0 Å². The SMILES string of the molecule is CC(C)=CCC[C@@](C)(O)[C@H]1CC[C@](C)(O)[C@H](CO)O1. The van der Waals surface area contributed by atoms with Crippen LogP contribution in [0.15, 0.2) is 11.6 Å². The number of aliphatic hydroxyl groups excluding tert-OH is 1. The molecule has 0 aromatic rings. The lowest BCUT2D eigenvalue weighted by atomic mass is 9.82. The lowest BCUT2D eigenvalue weighted by molar-refractivity contribution is -0.223. The van der Waals surface area contributed by atoms with Crippen LogP contribution in [-0.2, 0) is 4.74 Å². The first-order valence-electron chi connectivity index (χ1n) is 7.03. The van der Waals surface area contributed by atoms with Crippen molar-refractivity contribution >= 4 is 0 Å². The van der Waals surface area contributed by atoms with E-state index in [4.69, 9.17) is 4.74 Å². The molecule has 1 rings (SSSR count). The third-order valence-corrected chi connectivity index (χ3v) is 4.00. The molecule has 0 aliphatic carbocycles. The second kappa shape index (κ2) is 6.35. The molecule has 0 bridgehead atoms. The molecule has 0 saturated carbocycles. The fraction of sp³-hybridized carbons (Fsp3) is 0.867. The van der Waals surface area contributed by atoms with Crippen LogP contribution in [0.1, 0.15) is 53.4 Å². The van der Waals surface area contributed by atoms with Crippen molar-refractivity contribution in [1.29, 1.82) is 0 Å². The minimum atomic E-state index is -1.01. The van der Waals surface area contributed by atoms with E-state index in [1.54, 1.807) is 13.8 Å². The third kappa shape index (κ3) is 4.56. The lowest BCUT2D eigenvalue weighted by Crippen LogP contribution is -2.55. The Kier molecular flexibility index (Phi) is 5.56. The summed E-state index contributed by atoms with van der Waals surface area (Å²) in [6.07, 6.45) is 3.68. The average Bonchev–Trinajstić information content (AvgIpc) is 2.27. The Balaban J connectivity index is 2.62. The van der Waals surface area contributed by atoms with E-state index in [-0.39, 0.29) is 12.7 Å². The maximum atomic E-state index is 10.5. The molecule has 112 valence electrons. The number of allylic oxidation sites excluding steroid dienone is 2. The van der Waals surface area contributed by atoms with Gasteiger partial charge in [-0.1, -0.05) is 11.6 Å². The average molecular weight is 272 g/mol. The first-order chi connectivity index (χ1) is 8.69. The van der Waals surface area contributed by atoms with Crippen molar-refractivity contribution < 1.29 is 20.1 Å². The lowest BCUT2D eigenvalue weighted by Gasteiger charge is -2.44. The molecular weight excluding hydrogens is 244 g/mol. The van der Waals surface area contributed by atoms with Crippen molar-refractivity contribution in [2.45, 2.75) is 76.8 Å². The number of ether oxygens (including phenoxy) is 1. The van der Waals surface area contributed by atoms with Crippen molar-refractivity contribution in [2.24, 2.45) is 0 Å². The Morgan fingerprint density at radius 3 is 2.63 bits per heavy atom. The first kappa shape index (κ1) is 16.6. The summed E-state index contributed by atoms with van der Waals surface area (Å²) in [6, 6.07) is 0. The van der Waals surface area contributed by atoms with Gasteiger partial charge in [-0.3, -0.25) is 0 Å². The van der Waals surface area contributed by atoms with E-state index in [1.165, 1.54) is 5.57 Å². The van der Waals surface area contributed by atoms with Crippen molar-refractivity contribution in [3.63, 3.8) is 0 Å². The Hall–Kier alpha value is -0.420. The molecule has 0 spiro atoms. The van der Waals surface area contributed by atoms with Crippen LogP contribution < -0.4 is 0 Å². The van der Waals surface area contributed by atoms with Gasteiger partial charge < -0.3 is 20.1 Å². The van der Waals surface area contributed by atoms with E-state index < -0.39 is 17.3 Å². The minimum absolute atomic E-state index is 0.229. The molecule has 4 nitrogen and oxygen atoms in total. The number of hydrogen-bond donors (Lipinski definition) is 3. The summed E-state index contributed by atoms with van der Waals surface area (Å²) in [5.74, 6) is 0. The van der Waals surface area contributed by atoms with Crippen molar-refractivity contribution in [2.75, 3.05) is 6.61 Å². The molecule has 1 fully saturated rings. The highest BCUT2D eigenvalue weighted by Gasteiger charge is 2.44. The normalized spacial score (nSPS) is 34.7. The van der Waals surface area contributed by atoms with Gasteiger partial charge in [0.25, 0.3) is 0 Å². The van der Waals surface area contributed by atoms with E-state index in [0.29, 0.717) is 19.3 Å². The summed E-state index contributed by atoms with van der Waals surface area (Å²) < 4.78 is 5.70. The highest BCUT2D eigenvalue weighted by Crippen LogP contribution is 2.34. The largest absolute Gasteiger partial charge is 0.394 e. The van der Waals surface area contributed by atoms with Gasteiger partial charge in [-0.2, -0.15) is 0 Å². The zero-order chi connectivity index (χ0) is 14.7. The molecule has 3 N–H and O–H groups in total. The number of aliphatic hydroxyl groups is 3. The van der Waals surface area contributed by atoms with Crippen LogP contribution >= 0.6 is 0 Å². The van der Waals surface area contributed by atoms with Crippen molar-refractivity contribution in [3.05, 3.63) is 11.6 Å². The van der Waals surface area contributed by atoms with Crippen LogP contribution in [0, 0.1) is 0 Å². The summed E-state index contributed by atoms with van der Waals surface area (Å²) in [5.41, 5.74) is -0.714.